The lowest BCUT2D eigenvalue weighted by molar-refractivity contribution is 0.295. The summed E-state index contributed by atoms with van der Waals surface area (Å²) in [5.74, 6) is 1.57. The van der Waals surface area contributed by atoms with E-state index in [2.05, 4.69) is 0 Å². The maximum Gasteiger partial charge on any atom is 0.168 e. The molecule has 0 radical (unpaired) electrons. The van der Waals surface area contributed by atoms with Gasteiger partial charge in [0.2, 0.25) is 0 Å². The van der Waals surface area contributed by atoms with Crippen molar-refractivity contribution in [3.05, 3.63) is 17.7 Å². The third kappa shape index (κ3) is 2.22. The van der Waals surface area contributed by atoms with Gasteiger partial charge in [0.1, 0.15) is 5.75 Å². The molecular weight excluding hydrogens is 206 g/mol. The van der Waals surface area contributed by atoms with E-state index in [1.807, 2.05) is 6.92 Å². The van der Waals surface area contributed by atoms with Gasteiger partial charge < -0.3 is 20.3 Å². The summed E-state index contributed by atoms with van der Waals surface area (Å²) in [5, 5.41) is 9.82. The molecular formula is C12H17NO3. The summed E-state index contributed by atoms with van der Waals surface area (Å²) in [6.07, 6.45) is 1.44. The van der Waals surface area contributed by atoms with Gasteiger partial charge in [0.25, 0.3) is 0 Å². The Balaban J connectivity index is 2.40. The van der Waals surface area contributed by atoms with Gasteiger partial charge in [0, 0.05) is 18.0 Å². The summed E-state index contributed by atoms with van der Waals surface area (Å²) in [4.78, 5) is 0. The van der Waals surface area contributed by atoms with Crippen molar-refractivity contribution in [2.45, 2.75) is 25.8 Å². The third-order valence-electron chi connectivity index (χ3n) is 2.52. The fourth-order valence-corrected chi connectivity index (χ4v) is 1.80. The first kappa shape index (κ1) is 11.1. The highest BCUT2D eigenvalue weighted by Crippen LogP contribution is 2.38. The number of benzene rings is 1. The Morgan fingerprint density at radius 3 is 2.88 bits per heavy atom. The van der Waals surface area contributed by atoms with Gasteiger partial charge in [-0.2, -0.15) is 0 Å². The van der Waals surface area contributed by atoms with Crippen LogP contribution in [0.1, 0.15) is 18.9 Å². The minimum absolute atomic E-state index is 0.0238. The van der Waals surface area contributed by atoms with E-state index in [0.29, 0.717) is 31.1 Å². The van der Waals surface area contributed by atoms with E-state index in [4.69, 9.17) is 15.2 Å². The molecule has 0 aliphatic carbocycles. The molecule has 0 bridgehead atoms. The maximum absolute atomic E-state index is 9.82. The van der Waals surface area contributed by atoms with Crippen molar-refractivity contribution in [1.82, 2.24) is 0 Å². The minimum Gasteiger partial charge on any atom is -0.508 e. The molecule has 1 aromatic rings. The van der Waals surface area contributed by atoms with E-state index in [0.717, 1.165) is 12.0 Å². The number of nitrogens with two attached hydrogens (primary N) is 1. The Kier molecular flexibility index (Phi) is 3.19. The highest BCUT2D eigenvalue weighted by Gasteiger charge is 2.18. The second kappa shape index (κ2) is 4.61. The number of ether oxygens (including phenoxy) is 2. The molecule has 0 amide bonds. The van der Waals surface area contributed by atoms with Gasteiger partial charge in [-0.3, -0.25) is 0 Å². The molecule has 0 saturated carbocycles. The van der Waals surface area contributed by atoms with Gasteiger partial charge in [-0.25, -0.2) is 0 Å². The van der Waals surface area contributed by atoms with Crippen molar-refractivity contribution in [3.8, 4) is 17.2 Å². The minimum atomic E-state index is -0.0238. The van der Waals surface area contributed by atoms with Crippen molar-refractivity contribution >= 4 is 0 Å². The van der Waals surface area contributed by atoms with Crippen molar-refractivity contribution in [2.75, 3.05) is 13.2 Å². The monoisotopic (exact) mass is 223 g/mol. The summed E-state index contributed by atoms with van der Waals surface area (Å²) in [5.41, 5.74) is 6.50. The van der Waals surface area contributed by atoms with E-state index >= 15 is 0 Å². The van der Waals surface area contributed by atoms with E-state index in [9.17, 15) is 5.11 Å². The average molecular weight is 223 g/mol. The zero-order valence-corrected chi connectivity index (χ0v) is 9.40. The largest absolute Gasteiger partial charge is 0.508 e. The zero-order chi connectivity index (χ0) is 11.5. The van der Waals surface area contributed by atoms with Crippen LogP contribution in [0.3, 0.4) is 0 Å². The normalized spacial score (nSPS) is 16.6. The second-order valence-corrected chi connectivity index (χ2v) is 4.12. The second-order valence-electron chi connectivity index (χ2n) is 4.12. The quantitative estimate of drug-likeness (QED) is 0.796. The molecule has 0 saturated heterocycles. The molecule has 4 heteroatoms. The van der Waals surface area contributed by atoms with Gasteiger partial charge in [0.15, 0.2) is 11.5 Å². The molecule has 1 atom stereocenters. The molecule has 1 aromatic carbocycles. The van der Waals surface area contributed by atoms with Crippen LogP contribution in [0.15, 0.2) is 12.1 Å². The summed E-state index contributed by atoms with van der Waals surface area (Å²) in [6, 6.07) is 3.34. The van der Waals surface area contributed by atoms with E-state index in [-0.39, 0.29) is 11.8 Å². The number of fused-ring (bicyclic) bond motifs is 1. The lowest BCUT2D eigenvalue weighted by Gasteiger charge is -2.15. The number of rotatable bonds is 2. The molecule has 0 spiro atoms. The van der Waals surface area contributed by atoms with Gasteiger partial charge in [-0.05, 0) is 25.5 Å². The molecule has 1 heterocycles. The van der Waals surface area contributed by atoms with E-state index in [1.54, 1.807) is 12.1 Å². The van der Waals surface area contributed by atoms with Crippen LogP contribution >= 0.6 is 0 Å². The summed E-state index contributed by atoms with van der Waals surface area (Å²) < 4.78 is 11.2. The standard InChI is InChI=1S/C12H17NO3/c1-8(13)7-9-10(14)3-4-11-12(9)16-6-2-5-15-11/h3-4,8,14H,2,5-7,13H2,1H3. The van der Waals surface area contributed by atoms with Crippen LogP contribution in [-0.2, 0) is 6.42 Å². The highest BCUT2D eigenvalue weighted by atomic mass is 16.5. The molecule has 1 aliphatic rings. The molecule has 0 aromatic heterocycles. The van der Waals surface area contributed by atoms with Crippen LogP contribution in [0.2, 0.25) is 0 Å². The van der Waals surface area contributed by atoms with Crippen molar-refractivity contribution in [1.29, 1.82) is 0 Å². The predicted octanol–water partition coefficient (Wildman–Crippen LogP) is 1.44. The molecule has 1 unspecified atom stereocenters. The first-order valence-electron chi connectivity index (χ1n) is 5.54. The Morgan fingerprint density at radius 1 is 1.38 bits per heavy atom. The van der Waals surface area contributed by atoms with Crippen LogP contribution in [0, 0.1) is 0 Å². The summed E-state index contributed by atoms with van der Waals surface area (Å²) in [7, 11) is 0. The predicted molar refractivity (Wildman–Crippen MR) is 61.1 cm³/mol. The number of hydrogen-bond donors (Lipinski definition) is 2. The smallest absolute Gasteiger partial charge is 0.168 e. The lowest BCUT2D eigenvalue weighted by atomic mass is 10.0. The summed E-state index contributed by atoms with van der Waals surface area (Å²) >= 11 is 0. The Morgan fingerprint density at radius 2 is 2.12 bits per heavy atom. The van der Waals surface area contributed by atoms with Crippen molar-refractivity contribution in [3.63, 3.8) is 0 Å². The number of phenolic OH excluding ortho intramolecular Hbond substituents is 1. The molecule has 4 nitrogen and oxygen atoms in total. The van der Waals surface area contributed by atoms with Gasteiger partial charge in [-0.1, -0.05) is 0 Å². The van der Waals surface area contributed by atoms with Gasteiger partial charge in [-0.15, -0.1) is 0 Å². The fourth-order valence-electron chi connectivity index (χ4n) is 1.80. The van der Waals surface area contributed by atoms with Gasteiger partial charge >= 0.3 is 0 Å². The molecule has 2 rings (SSSR count). The van der Waals surface area contributed by atoms with Crippen LogP contribution in [0.25, 0.3) is 0 Å². The zero-order valence-electron chi connectivity index (χ0n) is 9.40. The first-order valence-corrected chi connectivity index (χ1v) is 5.54. The van der Waals surface area contributed by atoms with Crippen LogP contribution in [0.5, 0.6) is 17.2 Å². The Bertz CT molecular complexity index is 377. The Labute approximate surface area is 95.0 Å². The van der Waals surface area contributed by atoms with Gasteiger partial charge in [0.05, 0.1) is 13.2 Å². The number of phenols is 1. The van der Waals surface area contributed by atoms with Crippen LogP contribution < -0.4 is 15.2 Å². The summed E-state index contributed by atoms with van der Waals surface area (Å²) in [6.45, 7) is 3.16. The number of aromatic hydroxyl groups is 1. The first-order chi connectivity index (χ1) is 7.68. The fraction of sp³-hybridized carbons (Fsp3) is 0.500. The molecule has 16 heavy (non-hydrogen) atoms. The number of hydrogen-bond acceptors (Lipinski definition) is 4. The SMILES string of the molecule is CC(N)Cc1c(O)ccc2c1OCCCO2. The maximum atomic E-state index is 9.82. The Hall–Kier alpha value is -1.42. The van der Waals surface area contributed by atoms with Crippen molar-refractivity contribution in [2.24, 2.45) is 5.73 Å². The average Bonchev–Trinajstić information content (AvgIpc) is 2.47. The highest BCUT2D eigenvalue weighted by molar-refractivity contribution is 5.54. The van der Waals surface area contributed by atoms with Crippen LogP contribution in [0.4, 0.5) is 0 Å². The topological polar surface area (TPSA) is 64.7 Å². The lowest BCUT2D eigenvalue weighted by Crippen LogP contribution is -2.18. The van der Waals surface area contributed by atoms with E-state index in [1.165, 1.54) is 0 Å². The van der Waals surface area contributed by atoms with Crippen molar-refractivity contribution < 1.29 is 14.6 Å². The molecule has 88 valence electrons. The van der Waals surface area contributed by atoms with E-state index < -0.39 is 0 Å². The molecule has 1 aliphatic heterocycles. The third-order valence-corrected chi connectivity index (χ3v) is 2.52. The molecule has 0 fully saturated rings. The van der Waals surface area contributed by atoms with Crippen LogP contribution in [-0.4, -0.2) is 24.4 Å². The molecule has 3 N–H and O–H groups in total.